The van der Waals surface area contributed by atoms with Crippen LogP contribution in [0, 0.1) is 0 Å². The minimum atomic E-state index is -4.50. The molecule has 1 N–H and O–H groups in total. The number of hydrogen-bond donors (Lipinski definition) is 1. The molecule has 0 fully saturated rings. The Morgan fingerprint density at radius 3 is 2.63 bits per heavy atom. The normalized spacial score (nSPS) is 11.2. The molecular formula is C18H14F3N3O3. The monoisotopic (exact) mass is 377 g/mol. The van der Waals surface area contributed by atoms with Crippen LogP contribution in [0.15, 0.2) is 59.2 Å². The molecule has 0 atom stereocenters. The lowest BCUT2D eigenvalue weighted by Crippen LogP contribution is -2.28. The maximum absolute atomic E-state index is 12.7. The summed E-state index contributed by atoms with van der Waals surface area (Å²) in [7, 11) is 0. The SMILES string of the molecule is O=C(NCCOc1ccc(-c2ccco2)nn1)c1cccc(C(F)(F)F)c1. The zero-order valence-electron chi connectivity index (χ0n) is 13.9. The summed E-state index contributed by atoms with van der Waals surface area (Å²) in [5.74, 6) is 0.199. The third-order valence-electron chi connectivity index (χ3n) is 3.50. The Kier molecular flexibility index (Phi) is 5.39. The average molecular weight is 377 g/mol. The molecule has 2 heterocycles. The van der Waals surface area contributed by atoms with E-state index in [1.54, 1.807) is 24.3 Å². The number of carbonyl (C=O) groups excluding carboxylic acids is 1. The minimum Gasteiger partial charge on any atom is -0.475 e. The first-order valence-corrected chi connectivity index (χ1v) is 7.89. The van der Waals surface area contributed by atoms with Crippen molar-refractivity contribution in [2.75, 3.05) is 13.2 Å². The van der Waals surface area contributed by atoms with Crippen molar-refractivity contribution in [2.24, 2.45) is 0 Å². The highest BCUT2D eigenvalue weighted by Crippen LogP contribution is 2.29. The van der Waals surface area contributed by atoms with E-state index in [9.17, 15) is 18.0 Å². The molecule has 0 saturated heterocycles. The van der Waals surface area contributed by atoms with Gasteiger partial charge in [0.2, 0.25) is 5.88 Å². The predicted octanol–water partition coefficient (Wildman–Crippen LogP) is 3.56. The molecule has 140 valence electrons. The fraction of sp³-hybridized carbons (Fsp3) is 0.167. The number of alkyl halides is 3. The molecule has 9 heteroatoms. The van der Waals surface area contributed by atoms with Gasteiger partial charge in [-0.3, -0.25) is 4.79 Å². The van der Waals surface area contributed by atoms with Gasteiger partial charge in [-0.15, -0.1) is 10.2 Å². The van der Waals surface area contributed by atoms with E-state index in [2.05, 4.69) is 15.5 Å². The van der Waals surface area contributed by atoms with Crippen LogP contribution in [0.5, 0.6) is 5.88 Å². The first-order valence-electron chi connectivity index (χ1n) is 7.89. The summed E-state index contributed by atoms with van der Waals surface area (Å²) >= 11 is 0. The van der Waals surface area contributed by atoms with E-state index >= 15 is 0 Å². The highest BCUT2D eigenvalue weighted by atomic mass is 19.4. The van der Waals surface area contributed by atoms with Crippen molar-refractivity contribution < 1.29 is 27.1 Å². The van der Waals surface area contributed by atoms with Gasteiger partial charge in [0.1, 0.15) is 12.3 Å². The third kappa shape index (κ3) is 4.84. The smallest absolute Gasteiger partial charge is 0.416 e. The number of nitrogens with one attached hydrogen (secondary N) is 1. The van der Waals surface area contributed by atoms with Crippen molar-refractivity contribution >= 4 is 5.91 Å². The molecule has 2 aromatic heterocycles. The number of hydrogen-bond acceptors (Lipinski definition) is 5. The molecule has 0 aliphatic heterocycles. The molecule has 0 aliphatic rings. The van der Waals surface area contributed by atoms with Crippen LogP contribution in [0.4, 0.5) is 13.2 Å². The van der Waals surface area contributed by atoms with Gasteiger partial charge in [0.05, 0.1) is 18.4 Å². The number of aromatic nitrogens is 2. The maximum Gasteiger partial charge on any atom is 0.416 e. The van der Waals surface area contributed by atoms with Crippen molar-refractivity contribution in [3.8, 4) is 17.3 Å². The van der Waals surface area contributed by atoms with Gasteiger partial charge < -0.3 is 14.5 Å². The summed E-state index contributed by atoms with van der Waals surface area (Å²) in [4.78, 5) is 11.9. The molecule has 3 aromatic rings. The number of halogens is 3. The van der Waals surface area contributed by atoms with Gasteiger partial charge in [-0.2, -0.15) is 13.2 Å². The molecule has 6 nitrogen and oxygen atoms in total. The van der Waals surface area contributed by atoms with Crippen LogP contribution in [0.1, 0.15) is 15.9 Å². The van der Waals surface area contributed by atoms with Crippen LogP contribution < -0.4 is 10.1 Å². The van der Waals surface area contributed by atoms with Crippen LogP contribution in [0.3, 0.4) is 0 Å². The zero-order valence-corrected chi connectivity index (χ0v) is 13.9. The molecule has 0 unspecified atom stereocenters. The largest absolute Gasteiger partial charge is 0.475 e. The standard InChI is InChI=1S/C18H14F3N3O3/c19-18(20,21)13-4-1-3-12(11-13)17(25)22-8-10-27-16-7-6-14(23-24-16)15-5-2-9-26-15/h1-7,9,11H,8,10H2,(H,22,25). The topological polar surface area (TPSA) is 77.2 Å². The van der Waals surface area contributed by atoms with Crippen molar-refractivity contribution in [1.82, 2.24) is 15.5 Å². The first-order chi connectivity index (χ1) is 12.9. The number of amides is 1. The van der Waals surface area contributed by atoms with E-state index in [1.807, 2.05) is 0 Å². The number of nitrogens with zero attached hydrogens (tertiary/aromatic N) is 2. The lowest BCUT2D eigenvalue weighted by atomic mass is 10.1. The fourth-order valence-corrected chi connectivity index (χ4v) is 2.21. The maximum atomic E-state index is 12.7. The van der Waals surface area contributed by atoms with Gasteiger partial charge in [0.25, 0.3) is 5.91 Å². The molecule has 0 saturated carbocycles. The van der Waals surface area contributed by atoms with Crippen molar-refractivity contribution in [1.29, 1.82) is 0 Å². The summed E-state index contributed by atoms with van der Waals surface area (Å²) in [6, 6.07) is 10.9. The van der Waals surface area contributed by atoms with Crippen LogP contribution in [-0.2, 0) is 6.18 Å². The first kappa shape index (κ1) is 18.4. The van der Waals surface area contributed by atoms with Gasteiger partial charge in [-0.1, -0.05) is 6.07 Å². The summed E-state index contributed by atoms with van der Waals surface area (Å²) in [5, 5.41) is 10.3. The predicted molar refractivity (Wildman–Crippen MR) is 89.0 cm³/mol. The van der Waals surface area contributed by atoms with Gasteiger partial charge in [0.15, 0.2) is 5.76 Å². The van der Waals surface area contributed by atoms with Crippen molar-refractivity contribution in [3.63, 3.8) is 0 Å². The Morgan fingerprint density at radius 2 is 1.96 bits per heavy atom. The molecule has 1 amide bonds. The molecular weight excluding hydrogens is 363 g/mol. The van der Waals surface area contributed by atoms with Crippen LogP contribution in [-0.4, -0.2) is 29.3 Å². The van der Waals surface area contributed by atoms with E-state index in [0.29, 0.717) is 11.5 Å². The van der Waals surface area contributed by atoms with E-state index in [0.717, 1.165) is 12.1 Å². The van der Waals surface area contributed by atoms with Crippen molar-refractivity contribution in [2.45, 2.75) is 6.18 Å². The number of furan rings is 1. The Morgan fingerprint density at radius 1 is 1.11 bits per heavy atom. The third-order valence-corrected chi connectivity index (χ3v) is 3.50. The number of ether oxygens (including phenoxy) is 1. The van der Waals surface area contributed by atoms with E-state index in [-0.39, 0.29) is 24.6 Å². The lowest BCUT2D eigenvalue weighted by Gasteiger charge is -2.09. The zero-order chi connectivity index (χ0) is 19.3. The molecule has 0 spiro atoms. The molecule has 1 aromatic carbocycles. The Hall–Kier alpha value is -3.36. The number of rotatable bonds is 6. The highest BCUT2D eigenvalue weighted by Gasteiger charge is 2.30. The van der Waals surface area contributed by atoms with Crippen LogP contribution in [0.25, 0.3) is 11.5 Å². The van der Waals surface area contributed by atoms with Crippen LogP contribution in [0.2, 0.25) is 0 Å². The van der Waals surface area contributed by atoms with E-state index in [1.165, 1.54) is 18.4 Å². The van der Waals surface area contributed by atoms with Gasteiger partial charge in [0, 0.05) is 11.6 Å². The lowest BCUT2D eigenvalue weighted by molar-refractivity contribution is -0.137. The minimum absolute atomic E-state index is 0.0765. The second kappa shape index (κ2) is 7.90. The Balaban J connectivity index is 1.48. The Bertz CT molecular complexity index is 894. The quantitative estimate of drug-likeness (QED) is 0.665. The Labute approximate surface area is 152 Å². The fourth-order valence-electron chi connectivity index (χ4n) is 2.21. The molecule has 0 bridgehead atoms. The van der Waals surface area contributed by atoms with Gasteiger partial charge in [-0.25, -0.2) is 0 Å². The van der Waals surface area contributed by atoms with Gasteiger partial charge >= 0.3 is 6.18 Å². The molecule has 0 radical (unpaired) electrons. The van der Waals surface area contributed by atoms with E-state index < -0.39 is 17.6 Å². The number of benzene rings is 1. The summed E-state index contributed by atoms with van der Waals surface area (Å²) < 4.78 is 48.6. The molecule has 3 rings (SSSR count). The highest BCUT2D eigenvalue weighted by molar-refractivity contribution is 5.94. The van der Waals surface area contributed by atoms with Gasteiger partial charge in [-0.05, 0) is 36.4 Å². The molecule has 0 aliphatic carbocycles. The summed E-state index contributed by atoms with van der Waals surface area (Å²) in [5.41, 5.74) is -0.407. The van der Waals surface area contributed by atoms with E-state index in [4.69, 9.17) is 9.15 Å². The number of carbonyl (C=O) groups is 1. The van der Waals surface area contributed by atoms with Crippen LogP contribution >= 0.6 is 0 Å². The second-order valence-corrected chi connectivity index (χ2v) is 5.42. The van der Waals surface area contributed by atoms with Crippen molar-refractivity contribution in [3.05, 3.63) is 65.9 Å². The molecule has 27 heavy (non-hydrogen) atoms. The average Bonchev–Trinajstić information content (AvgIpc) is 3.20. The summed E-state index contributed by atoms with van der Waals surface area (Å²) in [6.45, 7) is 0.177. The second-order valence-electron chi connectivity index (χ2n) is 5.42. The summed E-state index contributed by atoms with van der Waals surface area (Å²) in [6.07, 6.45) is -2.98.